The molecule has 0 unspecified atom stereocenters. The van der Waals surface area contributed by atoms with Gasteiger partial charge in [0.1, 0.15) is 35.8 Å². The van der Waals surface area contributed by atoms with Crippen LogP contribution in [0.25, 0.3) is 11.2 Å². The van der Waals surface area contributed by atoms with Crippen LogP contribution >= 0.6 is 6.72 Å². The highest BCUT2D eigenvalue weighted by Crippen LogP contribution is 2.39. The number of benzene rings is 1. The number of carbonyl (C=O) groups is 1. The molecule has 3 heterocycles. The Morgan fingerprint density at radius 2 is 2.03 bits per heavy atom. The number of carbonyl (C=O) groups excluding carboxylic acids is 1. The number of aromatic nitrogens is 4. The van der Waals surface area contributed by atoms with Gasteiger partial charge in [-0.25, -0.2) is 19.7 Å². The van der Waals surface area contributed by atoms with Crippen LogP contribution in [0.15, 0.2) is 43.0 Å². The summed E-state index contributed by atoms with van der Waals surface area (Å²) in [7, 11) is 0. The van der Waals surface area contributed by atoms with E-state index in [4.69, 9.17) is 19.7 Å². The van der Waals surface area contributed by atoms with Gasteiger partial charge in [0.2, 0.25) is 0 Å². The fourth-order valence-electron chi connectivity index (χ4n) is 3.27. The molecule has 1 saturated heterocycles. The molecule has 15 heteroatoms. The lowest BCUT2D eigenvalue weighted by Gasteiger charge is -2.22. The summed E-state index contributed by atoms with van der Waals surface area (Å²) in [4.78, 5) is 43.4. The van der Waals surface area contributed by atoms with E-state index in [-0.39, 0.29) is 5.82 Å². The van der Waals surface area contributed by atoms with Crippen molar-refractivity contribution in [3.63, 3.8) is 0 Å². The van der Waals surface area contributed by atoms with E-state index in [9.17, 15) is 19.7 Å². The fraction of sp³-hybridized carbons (Fsp3) is 0.294. The van der Waals surface area contributed by atoms with Gasteiger partial charge in [-0.3, -0.25) is 4.57 Å². The minimum absolute atomic E-state index is 0.140. The van der Waals surface area contributed by atoms with Gasteiger partial charge in [-0.1, -0.05) is 18.2 Å². The Morgan fingerprint density at radius 1 is 1.28 bits per heavy atom. The molecule has 13 nitrogen and oxygen atoms in total. The van der Waals surface area contributed by atoms with Gasteiger partial charge in [0.25, 0.3) is 0 Å². The third-order valence-corrected chi connectivity index (χ3v) is 5.48. The molecule has 2 aromatic heterocycles. The van der Waals surface area contributed by atoms with E-state index in [0.29, 0.717) is 16.9 Å². The van der Waals surface area contributed by atoms with Gasteiger partial charge >= 0.3 is 12.8 Å². The molecule has 0 bridgehead atoms. The van der Waals surface area contributed by atoms with E-state index in [1.807, 2.05) is 0 Å². The van der Waals surface area contributed by atoms with Crippen LogP contribution in [0.2, 0.25) is 0 Å². The van der Waals surface area contributed by atoms with Crippen LogP contribution in [-0.4, -0.2) is 65.4 Å². The summed E-state index contributed by atoms with van der Waals surface area (Å²) in [5, 5.41) is 13.4. The normalized spacial score (nSPS) is 23.3. The van der Waals surface area contributed by atoms with Crippen molar-refractivity contribution in [2.75, 3.05) is 12.3 Å². The van der Waals surface area contributed by atoms with Crippen molar-refractivity contribution >= 4 is 41.6 Å². The molecule has 0 aliphatic carbocycles. The Bertz CT molecular complexity index is 1160. The topological polar surface area (TPSA) is 187 Å². The number of aliphatic hydroxyl groups is 1. The number of ether oxygens (including phenoxy) is 2. The van der Waals surface area contributed by atoms with Crippen LogP contribution in [0.5, 0.6) is 5.75 Å². The lowest BCUT2D eigenvalue weighted by Crippen LogP contribution is -2.47. The maximum atomic E-state index is 12.5. The standard InChI is InChI=1S/C17H19N6O7PS/c18-14-12-15(20-7-19-14)23(8-21-12)16-11(13(24)10(30-16)6-28-31(26,27)32)22-17(25)29-9-4-2-1-3-5-9/h1-5,7-8,10-11,13,16,24H,6H2,(H,22,25)(H2,18,19,20)(H2,26,27,32)/t10-,11-,13-,16-/m1/s1. The zero-order valence-corrected chi connectivity index (χ0v) is 18.0. The second-order valence-electron chi connectivity index (χ2n) is 6.80. The van der Waals surface area contributed by atoms with Crippen molar-refractivity contribution in [1.82, 2.24) is 24.8 Å². The molecular weight excluding hydrogens is 463 g/mol. The van der Waals surface area contributed by atoms with Gasteiger partial charge in [-0.2, -0.15) is 0 Å². The number of anilines is 1. The summed E-state index contributed by atoms with van der Waals surface area (Å²) in [5.74, 6) is 0.436. The molecule has 6 N–H and O–H groups in total. The number of hydrogen-bond acceptors (Lipinski definition) is 10. The third kappa shape index (κ3) is 4.86. The number of fused-ring (bicyclic) bond motifs is 1. The number of nitrogens with two attached hydrogens (primary N) is 1. The van der Waals surface area contributed by atoms with Crippen molar-refractivity contribution in [3.8, 4) is 5.75 Å². The number of aliphatic hydroxyl groups excluding tert-OH is 1. The number of nitrogen functional groups attached to an aromatic ring is 1. The number of nitrogens with zero attached hydrogens (tertiary/aromatic N) is 4. The van der Waals surface area contributed by atoms with Crippen LogP contribution in [0, 0.1) is 0 Å². The second-order valence-corrected chi connectivity index (χ2v) is 9.46. The Morgan fingerprint density at radius 3 is 2.75 bits per heavy atom. The quantitative estimate of drug-likeness (QED) is 0.298. The van der Waals surface area contributed by atoms with E-state index >= 15 is 0 Å². The first-order valence-electron chi connectivity index (χ1n) is 9.23. The first-order valence-corrected chi connectivity index (χ1v) is 11.9. The summed E-state index contributed by atoms with van der Waals surface area (Å²) >= 11 is 4.44. The maximum Gasteiger partial charge on any atom is 0.413 e. The van der Waals surface area contributed by atoms with Gasteiger partial charge in [-0.15, -0.1) is 0 Å². The predicted octanol–water partition coefficient (Wildman–Crippen LogP) is 0.0497. The molecule has 1 aliphatic heterocycles. The molecular formula is C17H19N6O7PS. The Labute approximate surface area is 186 Å². The summed E-state index contributed by atoms with van der Waals surface area (Å²) < 4.78 is 17.4. The molecule has 0 spiro atoms. The fourth-order valence-corrected chi connectivity index (χ4v) is 3.79. The molecule has 1 amide bonds. The molecule has 3 aromatic rings. The van der Waals surface area contributed by atoms with E-state index in [2.05, 4.69) is 32.1 Å². The Kier molecular flexibility index (Phi) is 6.35. The SMILES string of the molecule is Nc1ncnc2c1ncn2[C@@H]1O[C@H](COP(O)(O)=S)[C@@H](O)[C@H]1NC(=O)Oc1ccccc1. The number of nitrogens with one attached hydrogen (secondary N) is 1. The highest BCUT2D eigenvalue weighted by atomic mass is 32.5. The van der Waals surface area contributed by atoms with Crippen LogP contribution in [0.3, 0.4) is 0 Å². The zero-order chi connectivity index (χ0) is 22.9. The number of amides is 1. The molecule has 1 aliphatic rings. The highest BCUT2D eigenvalue weighted by molar-refractivity contribution is 8.06. The summed E-state index contributed by atoms with van der Waals surface area (Å²) in [6.45, 7) is -4.42. The molecule has 1 aromatic carbocycles. The number of para-hydroxylation sites is 1. The van der Waals surface area contributed by atoms with E-state index in [1.165, 1.54) is 17.2 Å². The van der Waals surface area contributed by atoms with Crippen LogP contribution in [0.4, 0.5) is 10.6 Å². The van der Waals surface area contributed by atoms with Crippen molar-refractivity contribution in [2.45, 2.75) is 24.5 Å². The second kappa shape index (κ2) is 9.03. The lowest BCUT2D eigenvalue weighted by atomic mass is 10.1. The van der Waals surface area contributed by atoms with E-state index in [1.54, 1.807) is 30.3 Å². The first kappa shape index (κ1) is 22.5. The minimum atomic E-state index is -3.99. The summed E-state index contributed by atoms with van der Waals surface area (Å²) in [5.41, 5.74) is 6.43. The molecule has 1 fully saturated rings. The van der Waals surface area contributed by atoms with Crippen molar-refractivity contribution in [2.24, 2.45) is 0 Å². The summed E-state index contributed by atoms with van der Waals surface area (Å²) in [6, 6.07) is 7.29. The molecule has 4 rings (SSSR count). The Hall–Kier alpha value is -2.71. The first-order chi connectivity index (χ1) is 15.2. The van der Waals surface area contributed by atoms with Crippen molar-refractivity contribution < 1.29 is 33.7 Å². The van der Waals surface area contributed by atoms with Crippen molar-refractivity contribution in [3.05, 3.63) is 43.0 Å². The maximum absolute atomic E-state index is 12.5. The van der Waals surface area contributed by atoms with Gasteiger partial charge < -0.3 is 39.9 Å². The number of hydrogen-bond donors (Lipinski definition) is 5. The molecule has 0 saturated carbocycles. The van der Waals surface area contributed by atoms with Crippen molar-refractivity contribution in [1.29, 1.82) is 0 Å². The molecule has 170 valence electrons. The summed E-state index contributed by atoms with van der Waals surface area (Å²) in [6.07, 6.45) is -1.65. The van der Waals surface area contributed by atoms with Gasteiger partial charge in [0.05, 0.1) is 12.9 Å². The van der Waals surface area contributed by atoms with Crippen LogP contribution in [-0.2, 0) is 21.1 Å². The van der Waals surface area contributed by atoms with Gasteiger partial charge in [0, 0.05) is 0 Å². The number of rotatable bonds is 6. The largest absolute Gasteiger partial charge is 0.413 e. The number of imidazole rings is 1. The Balaban J connectivity index is 1.61. The van der Waals surface area contributed by atoms with Crippen LogP contribution in [0.1, 0.15) is 6.23 Å². The van der Waals surface area contributed by atoms with Crippen LogP contribution < -0.4 is 15.8 Å². The lowest BCUT2D eigenvalue weighted by molar-refractivity contribution is -0.0408. The average molecular weight is 482 g/mol. The predicted molar refractivity (Wildman–Crippen MR) is 114 cm³/mol. The average Bonchev–Trinajstić information content (AvgIpc) is 3.29. The molecule has 0 radical (unpaired) electrons. The van der Waals surface area contributed by atoms with E-state index < -0.39 is 43.9 Å². The zero-order valence-electron chi connectivity index (χ0n) is 16.3. The minimum Gasteiger partial charge on any atom is -0.410 e. The molecule has 32 heavy (non-hydrogen) atoms. The van der Waals surface area contributed by atoms with E-state index in [0.717, 1.165) is 0 Å². The molecule has 4 atom stereocenters. The third-order valence-electron chi connectivity index (χ3n) is 4.68. The monoisotopic (exact) mass is 482 g/mol. The smallest absolute Gasteiger partial charge is 0.410 e. The van der Waals surface area contributed by atoms with Gasteiger partial charge in [0.15, 0.2) is 17.7 Å². The highest BCUT2D eigenvalue weighted by Gasteiger charge is 2.47. The van der Waals surface area contributed by atoms with Gasteiger partial charge in [-0.05, 0) is 23.9 Å².